The molecule has 8 heteroatoms. The summed E-state index contributed by atoms with van der Waals surface area (Å²) in [6, 6.07) is 10.1. The lowest BCUT2D eigenvalue weighted by Crippen LogP contribution is -2.10. The molecule has 0 fully saturated rings. The van der Waals surface area contributed by atoms with Crippen molar-refractivity contribution >= 4 is 5.97 Å². The molecule has 0 atom stereocenters. The number of ether oxygens (including phenoxy) is 2. The van der Waals surface area contributed by atoms with Crippen LogP contribution in [0.5, 0.6) is 5.75 Å². The van der Waals surface area contributed by atoms with Crippen molar-refractivity contribution in [3.8, 4) is 17.1 Å². The lowest BCUT2D eigenvalue weighted by molar-refractivity contribution is 0.0418. The standard InChI is InChI=1S/C17H12F2N2O4/c1-23-13-8-3-2-5-10(13)16-20-14(25-21-16)9-24-17(22)15-11(18)6-4-7-12(15)19/h2-8H,9H2,1H3. The van der Waals surface area contributed by atoms with Crippen LogP contribution in [0.4, 0.5) is 8.78 Å². The van der Waals surface area contributed by atoms with Gasteiger partial charge in [0.1, 0.15) is 22.9 Å². The second-order valence-electron chi connectivity index (χ2n) is 4.88. The fraction of sp³-hybridized carbons (Fsp3) is 0.118. The van der Waals surface area contributed by atoms with Crippen LogP contribution in [0.1, 0.15) is 16.2 Å². The molecule has 0 saturated carbocycles. The number of hydrogen-bond acceptors (Lipinski definition) is 6. The third-order valence-corrected chi connectivity index (χ3v) is 3.31. The first-order valence-corrected chi connectivity index (χ1v) is 7.17. The van der Waals surface area contributed by atoms with Gasteiger partial charge in [0.15, 0.2) is 6.61 Å². The van der Waals surface area contributed by atoms with Gasteiger partial charge in [-0.05, 0) is 24.3 Å². The Hall–Kier alpha value is -3.29. The Balaban J connectivity index is 1.73. The maximum absolute atomic E-state index is 13.5. The van der Waals surface area contributed by atoms with Crippen molar-refractivity contribution < 1.29 is 27.6 Å². The number of nitrogens with zero attached hydrogens (tertiary/aromatic N) is 2. The Morgan fingerprint density at radius 2 is 1.84 bits per heavy atom. The SMILES string of the molecule is COc1ccccc1-c1noc(COC(=O)c2c(F)cccc2F)n1. The molecule has 0 saturated heterocycles. The van der Waals surface area contributed by atoms with Crippen LogP contribution < -0.4 is 4.74 Å². The van der Waals surface area contributed by atoms with Crippen LogP contribution in [-0.4, -0.2) is 23.2 Å². The fourth-order valence-corrected chi connectivity index (χ4v) is 2.14. The first-order chi connectivity index (χ1) is 12.1. The van der Waals surface area contributed by atoms with Crippen LogP contribution in [-0.2, 0) is 11.3 Å². The summed E-state index contributed by atoms with van der Waals surface area (Å²) in [5.74, 6) is -2.42. The Morgan fingerprint density at radius 3 is 2.56 bits per heavy atom. The van der Waals surface area contributed by atoms with Gasteiger partial charge in [0.2, 0.25) is 5.82 Å². The maximum atomic E-state index is 13.5. The number of benzene rings is 2. The number of halogens is 2. The summed E-state index contributed by atoms with van der Waals surface area (Å²) >= 11 is 0. The molecule has 0 N–H and O–H groups in total. The molecule has 0 aliphatic rings. The molecule has 1 heterocycles. The highest BCUT2D eigenvalue weighted by Gasteiger charge is 2.20. The highest BCUT2D eigenvalue weighted by molar-refractivity contribution is 5.89. The Morgan fingerprint density at radius 1 is 1.12 bits per heavy atom. The number of aromatic nitrogens is 2. The molecule has 128 valence electrons. The van der Waals surface area contributed by atoms with Crippen LogP contribution in [0.3, 0.4) is 0 Å². The third-order valence-electron chi connectivity index (χ3n) is 3.31. The fourth-order valence-electron chi connectivity index (χ4n) is 2.14. The smallest absolute Gasteiger partial charge is 0.344 e. The number of para-hydroxylation sites is 1. The van der Waals surface area contributed by atoms with Crippen LogP contribution in [0.2, 0.25) is 0 Å². The van der Waals surface area contributed by atoms with Gasteiger partial charge in [0.05, 0.1) is 12.7 Å². The quantitative estimate of drug-likeness (QED) is 0.659. The minimum Gasteiger partial charge on any atom is -0.496 e. The number of hydrogen-bond donors (Lipinski definition) is 0. The largest absolute Gasteiger partial charge is 0.496 e. The number of rotatable bonds is 5. The molecule has 1 aromatic heterocycles. The van der Waals surface area contributed by atoms with Gasteiger partial charge in [-0.2, -0.15) is 4.98 Å². The Kier molecular flexibility index (Phi) is 4.69. The topological polar surface area (TPSA) is 74.5 Å². The van der Waals surface area contributed by atoms with E-state index < -0.39 is 29.8 Å². The zero-order chi connectivity index (χ0) is 17.8. The van der Waals surface area contributed by atoms with Gasteiger partial charge in [-0.15, -0.1) is 0 Å². The van der Waals surface area contributed by atoms with Gasteiger partial charge in [-0.25, -0.2) is 13.6 Å². The van der Waals surface area contributed by atoms with Gasteiger partial charge in [-0.1, -0.05) is 23.4 Å². The van der Waals surface area contributed by atoms with E-state index in [0.29, 0.717) is 11.3 Å². The molecule has 25 heavy (non-hydrogen) atoms. The molecule has 6 nitrogen and oxygen atoms in total. The van der Waals surface area contributed by atoms with Crippen LogP contribution in [0.25, 0.3) is 11.4 Å². The summed E-state index contributed by atoms with van der Waals surface area (Å²) in [6.07, 6.45) is 0. The lowest BCUT2D eigenvalue weighted by Gasteiger charge is -2.04. The molecular weight excluding hydrogens is 334 g/mol. The van der Waals surface area contributed by atoms with Crippen molar-refractivity contribution in [3.63, 3.8) is 0 Å². The summed E-state index contributed by atoms with van der Waals surface area (Å²) in [5, 5.41) is 3.78. The lowest BCUT2D eigenvalue weighted by atomic mass is 10.2. The molecule has 0 bridgehead atoms. The highest BCUT2D eigenvalue weighted by Crippen LogP contribution is 2.27. The van der Waals surface area contributed by atoms with E-state index in [2.05, 4.69) is 10.1 Å². The van der Waals surface area contributed by atoms with E-state index in [4.69, 9.17) is 14.0 Å². The predicted octanol–water partition coefficient (Wildman–Crippen LogP) is 3.38. The Bertz CT molecular complexity index is 891. The second-order valence-corrected chi connectivity index (χ2v) is 4.88. The summed E-state index contributed by atoms with van der Waals surface area (Å²) < 4.78 is 42.1. The van der Waals surface area contributed by atoms with Crippen LogP contribution in [0.15, 0.2) is 47.0 Å². The number of carbonyl (C=O) groups excluding carboxylic acids is 1. The number of carbonyl (C=O) groups is 1. The first kappa shape index (κ1) is 16.6. The average Bonchev–Trinajstić information content (AvgIpc) is 3.08. The van der Waals surface area contributed by atoms with Gasteiger partial charge in [-0.3, -0.25) is 0 Å². The molecule has 0 spiro atoms. The third kappa shape index (κ3) is 3.47. The molecule has 0 aliphatic carbocycles. The molecule has 3 aromatic rings. The Labute approximate surface area is 141 Å². The predicted molar refractivity (Wildman–Crippen MR) is 81.8 cm³/mol. The molecule has 0 radical (unpaired) electrons. The van der Waals surface area contributed by atoms with E-state index >= 15 is 0 Å². The van der Waals surface area contributed by atoms with E-state index in [0.717, 1.165) is 18.2 Å². The monoisotopic (exact) mass is 346 g/mol. The molecule has 3 rings (SSSR count). The van der Waals surface area contributed by atoms with E-state index in [9.17, 15) is 13.6 Å². The summed E-state index contributed by atoms with van der Waals surface area (Å²) in [4.78, 5) is 15.9. The zero-order valence-corrected chi connectivity index (χ0v) is 13.0. The highest BCUT2D eigenvalue weighted by atomic mass is 19.1. The normalized spacial score (nSPS) is 10.5. The van der Waals surface area contributed by atoms with Crippen molar-refractivity contribution in [1.29, 1.82) is 0 Å². The van der Waals surface area contributed by atoms with E-state index in [-0.39, 0.29) is 11.7 Å². The second kappa shape index (κ2) is 7.08. The van der Waals surface area contributed by atoms with Crippen LogP contribution in [0, 0.1) is 11.6 Å². The van der Waals surface area contributed by atoms with Crippen LogP contribution >= 0.6 is 0 Å². The minimum absolute atomic E-state index is 0.0222. The van der Waals surface area contributed by atoms with Crippen molar-refractivity contribution in [2.24, 2.45) is 0 Å². The van der Waals surface area contributed by atoms with Crippen molar-refractivity contribution in [2.75, 3.05) is 7.11 Å². The van der Waals surface area contributed by atoms with Gasteiger partial charge >= 0.3 is 5.97 Å². The van der Waals surface area contributed by atoms with Gasteiger partial charge < -0.3 is 14.0 Å². The minimum atomic E-state index is -1.16. The summed E-state index contributed by atoms with van der Waals surface area (Å²) in [6.45, 7) is -0.422. The summed E-state index contributed by atoms with van der Waals surface area (Å²) in [7, 11) is 1.50. The molecule has 2 aromatic carbocycles. The molecular formula is C17H12F2N2O4. The van der Waals surface area contributed by atoms with Crippen molar-refractivity contribution in [2.45, 2.75) is 6.61 Å². The van der Waals surface area contributed by atoms with Gasteiger partial charge in [0.25, 0.3) is 5.89 Å². The van der Waals surface area contributed by atoms with E-state index in [1.165, 1.54) is 7.11 Å². The number of methoxy groups -OCH3 is 1. The molecule has 0 unspecified atom stereocenters. The van der Waals surface area contributed by atoms with Crippen molar-refractivity contribution in [3.05, 3.63) is 65.6 Å². The van der Waals surface area contributed by atoms with Crippen molar-refractivity contribution in [1.82, 2.24) is 10.1 Å². The van der Waals surface area contributed by atoms with E-state index in [1.54, 1.807) is 24.3 Å². The van der Waals surface area contributed by atoms with E-state index in [1.807, 2.05) is 0 Å². The molecule has 0 amide bonds. The van der Waals surface area contributed by atoms with Gasteiger partial charge in [0, 0.05) is 0 Å². The average molecular weight is 346 g/mol. The molecule has 0 aliphatic heterocycles. The first-order valence-electron chi connectivity index (χ1n) is 7.17. The zero-order valence-electron chi connectivity index (χ0n) is 13.0. The maximum Gasteiger partial charge on any atom is 0.344 e. The number of esters is 1. The summed E-state index contributed by atoms with van der Waals surface area (Å²) in [5.41, 5.74) is -0.182.